The summed E-state index contributed by atoms with van der Waals surface area (Å²) in [6, 6.07) is 7.76. The number of halogens is 1. The second kappa shape index (κ2) is 9.21. The van der Waals surface area contributed by atoms with Gasteiger partial charge >= 0.3 is 0 Å². The second-order valence-electron chi connectivity index (χ2n) is 7.56. The van der Waals surface area contributed by atoms with Crippen molar-refractivity contribution in [2.45, 2.75) is 13.0 Å². The lowest BCUT2D eigenvalue weighted by Crippen LogP contribution is -2.35. The number of amides is 1. The number of pyridine rings is 2. The molecule has 3 heterocycles. The number of benzene rings is 1. The first-order chi connectivity index (χ1) is 15.9. The highest BCUT2D eigenvalue weighted by Crippen LogP contribution is 2.26. The number of carbonyl (C=O) groups is 1. The quantitative estimate of drug-likeness (QED) is 0.390. The van der Waals surface area contributed by atoms with Crippen molar-refractivity contribution in [1.82, 2.24) is 24.4 Å². The largest absolute Gasteiger partial charge is 0.505 e. The molecular formula is C23H22FN5O4. The zero-order chi connectivity index (χ0) is 23.5. The Morgan fingerprint density at radius 1 is 1.18 bits per heavy atom. The summed E-state index contributed by atoms with van der Waals surface area (Å²) in [4.78, 5) is 34.5. The third-order valence-electron chi connectivity index (χ3n) is 5.30. The van der Waals surface area contributed by atoms with Crippen molar-refractivity contribution in [3.05, 3.63) is 87.6 Å². The Balaban J connectivity index is 1.87. The Kier molecular flexibility index (Phi) is 6.18. The molecule has 3 aromatic heterocycles. The number of aryl methyl sites for hydroxylation is 1. The summed E-state index contributed by atoms with van der Waals surface area (Å²) in [6.07, 6.45) is 5.29. The standard InChI is InChI=1S/C23H22FN5O4/c1-28-8-6-25-18(28)13-29-17-11-15(10-14-2-4-16(24)5-3-14)12-27-20(17)21(31)19(23(29)33)22(32)26-7-9-30/h2-6,8,11-12,30-31H,7,9-10,13H2,1H3,(H,26,32). The van der Waals surface area contributed by atoms with Crippen LogP contribution in [0.4, 0.5) is 4.39 Å². The van der Waals surface area contributed by atoms with E-state index in [9.17, 15) is 19.1 Å². The lowest BCUT2D eigenvalue weighted by molar-refractivity contribution is 0.0940. The maximum Gasteiger partial charge on any atom is 0.268 e. The number of aliphatic hydroxyl groups is 1. The third-order valence-corrected chi connectivity index (χ3v) is 5.30. The van der Waals surface area contributed by atoms with Crippen LogP contribution in [0, 0.1) is 5.82 Å². The number of aliphatic hydroxyl groups excluding tert-OH is 1. The van der Waals surface area contributed by atoms with Gasteiger partial charge in [-0.05, 0) is 35.7 Å². The zero-order valence-corrected chi connectivity index (χ0v) is 17.8. The number of hydrogen-bond donors (Lipinski definition) is 3. The van der Waals surface area contributed by atoms with E-state index in [0.29, 0.717) is 17.8 Å². The monoisotopic (exact) mass is 451 g/mol. The van der Waals surface area contributed by atoms with E-state index in [1.807, 2.05) is 0 Å². The molecule has 0 aliphatic carbocycles. The van der Waals surface area contributed by atoms with E-state index in [-0.39, 0.29) is 31.0 Å². The minimum Gasteiger partial charge on any atom is -0.505 e. The van der Waals surface area contributed by atoms with Crippen LogP contribution in [-0.2, 0) is 20.0 Å². The smallest absolute Gasteiger partial charge is 0.268 e. The average Bonchev–Trinajstić information content (AvgIpc) is 3.21. The summed E-state index contributed by atoms with van der Waals surface area (Å²) in [5.41, 5.74) is 0.835. The van der Waals surface area contributed by atoms with E-state index in [4.69, 9.17) is 5.11 Å². The van der Waals surface area contributed by atoms with Crippen LogP contribution in [-0.4, -0.2) is 48.4 Å². The number of fused-ring (bicyclic) bond motifs is 1. The van der Waals surface area contributed by atoms with Crippen LogP contribution in [0.25, 0.3) is 11.0 Å². The third kappa shape index (κ3) is 4.46. The molecule has 33 heavy (non-hydrogen) atoms. The van der Waals surface area contributed by atoms with Gasteiger partial charge in [-0.15, -0.1) is 0 Å². The van der Waals surface area contributed by atoms with Gasteiger partial charge in [-0.2, -0.15) is 0 Å². The number of nitrogens with zero attached hydrogens (tertiary/aromatic N) is 4. The molecule has 0 fully saturated rings. The van der Waals surface area contributed by atoms with Crippen molar-refractivity contribution in [2.24, 2.45) is 7.05 Å². The molecule has 4 aromatic rings. The highest BCUT2D eigenvalue weighted by atomic mass is 19.1. The Bertz CT molecular complexity index is 1380. The summed E-state index contributed by atoms with van der Waals surface area (Å²) in [6.45, 7) is -0.341. The van der Waals surface area contributed by atoms with Gasteiger partial charge in [0.15, 0.2) is 5.75 Å². The van der Waals surface area contributed by atoms with Crippen LogP contribution in [0.2, 0.25) is 0 Å². The predicted octanol–water partition coefficient (Wildman–Crippen LogP) is 1.34. The average molecular weight is 451 g/mol. The van der Waals surface area contributed by atoms with E-state index in [0.717, 1.165) is 11.1 Å². The number of carbonyl (C=O) groups excluding carboxylic acids is 1. The van der Waals surface area contributed by atoms with Gasteiger partial charge < -0.3 is 20.1 Å². The molecule has 0 unspecified atom stereocenters. The van der Waals surface area contributed by atoms with E-state index in [1.165, 1.54) is 22.9 Å². The van der Waals surface area contributed by atoms with Gasteiger partial charge in [0.1, 0.15) is 22.7 Å². The van der Waals surface area contributed by atoms with Gasteiger partial charge in [0, 0.05) is 32.2 Å². The van der Waals surface area contributed by atoms with Crippen LogP contribution in [0.3, 0.4) is 0 Å². The fourth-order valence-electron chi connectivity index (χ4n) is 3.59. The molecule has 0 spiro atoms. The number of nitrogens with one attached hydrogen (secondary N) is 1. The maximum absolute atomic E-state index is 13.3. The van der Waals surface area contributed by atoms with E-state index in [2.05, 4.69) is 15.3 Å². The number of hydrogen-bond acceptors (Lipinski definition) is 6. The van der Waals surface area contributed by atoms with E-state index >= 15 is 0 Å². The molecule has 4 rings (SSSR count). The topological polar surface area (TPSA) is 122 Å². The maximum atomic E-state index is 13.3. The van der Waals surface area contributed by atoms with Crippen molar-refractivity contribution >= 4 is 16.9 Å². The van der Waals surface area contributed by atoms with Gasteiger partial charge in [-0.1, -0.05) is 12.1 Å². The molecule has 10 heteroatoms. The van der Waals surface area contributed by atoms with E-state index < -0.39 is 22.8 Å². The van der Waals surface area contributed by atoms with Crippen LogP contribution >= 0.6 is 0 Å². The Labute approximate surface area is 187 Å². The van der Waals surface area contributed by atoms with Gasteiger partial charge in [0.2, 0.25) is 0 Å². The zero-order valence-electron chi connectivity index (χ0n) is 17.8. The number of imidazole rings is 1. The van der Waals surface area contributed by atoms with Crippen molar-refractivity contribution in [3.63, 3.8) is 0 Å². The fourth-order valence-corrected chi connectivity index (χ4v) is 3.59. The lowest BCUT2D eigenvalue weighted by Gasteiger charge is -2.15. The molecule has 170 valence electrons. The molecule has 0 atom stereocenters. The molecule has 1 aromatic carbocycles. The first kappa shape index (κ1) is 22.2. The van der Waals surface area contributed by atoms with Crippen LogP contribution in [0.1, 0.15) is 27.3 Å². The predicted molar refractivity (Wildman–Crippen MR) is 119 cm³/mol. The molecule has 3 N–H and O–H groups in total. The van der Waals surface area contributed by atoms with Crippen molar-refractivity contribution in [1.29, 1.82) is 0 Å². The lowest BCUT2D eigenvalue weighted by atomic mass is 10.1. The minimum atomic E-state index is -0.806. The first-order valence-corrected chi connectivity index (χ1v) is 10.2. The summed E-state index contributed by atoms with van der Waals surface area (Å²) in [7, 11) is 1.78. The highest BCUT2D eigenvalue weighted by molar-refractivity contribution is 6.01. The molecule has 0 saturated carbocycles. The first-order valence-electron chi connectivity index (χ1n) is 10.2. The van der Waals surface area contributed by atoms with Crippen LogP contribution in [0.5, 0.6) is 5.75 Å². The van der Waals surface area contributed by atoms with Gasteiger partial charge in [0.05, 0.1) is 18.7 Å². The molecule has 0 aliphatic heterocycles. The summed E-state index contributed by atoms with van der Waals surface area (Å²) < 4.78 is 16.3. The molecule has 0 saturated heterocycles. The Morgan fingerprint density at radius 3 is 2.61 bits per heavy atom. The molecule has 9 nitrogen and oxygen atoms in total. The molecule has 0 bridgehead atoms. The van der Waals surface area contributed by atoms with Gasteiger partial charge in [-0.3, -0.25) is 19.1 Å². The Hall–Kier alpha value is -4.05. The van der Waals surface area contributed by atoms with Crippen LogP contribution in [0.15, 0.2) is 53.7 Å². The minimum absolute atomic E-state index is 0.0427. The molecule has 0 aliphatic rings. The molecule has 0 radical (unpaired) electrons. The molecular weight excluding hydrogens is 429 g/mol. The second-order valence-corrected chi connectivity index (χ2v) is 7.56. The summed E-state index contributed by atoms with van der Waals surface area (Å²) in [5.74, 6) is -1.11. The number of rotatable bonds is 7. The fraction of sp³-hybridized carbons (Fsp3) is 0.217. The SMILES string of the molecule is Cn1ccnc1Cn1c(=O)c(C(=O)NCCO)c(O)c2ncc(Cc3ccc(F)cc3)cc21. The molecule has 1 amide bonds. The van der Waals surface area contributed by atoms with Crippen molar-refractivity contribution < 1.29 is 19.4 Å². The Morgan fingerprint density at radius 2 is 1.94 bits per heavy atom. The van der Waals surface area contributed by atoms with Crippen molar-refractivity contribution in [3.8, 4) is 5.75 Å². The van der Waals surface area contributed by atoms with Crippen LogP contribution < -0.4 is 10.9 Å². The number of aromatic hydroxyl groups is 1. The number of aromatic nitrogens is 4. The normalized spacial score (nSPS) is 11.1. The van der Waals surface area contributed by atoms with Gasteiger partial charge in [0.25, 0.3) is 11.5 Å². The summed E-state index contributed by atoms with van der Waals surface area (Å²) >= 11 is 0. The van der Waals surface area contributed by atoms with Crippen molar-refractivity contribution in [2.75, 3.05) is 13.2 Å². The summed E-state index contributed by atoms with van der Waals surface area (Å²) in [5, 5.41) is 22.1. The van der Waals surface area contributed by atoms with E-state index in [1.54, 1.807) is 42.2 Å². The van der Waals surface area contributed by atoms with Gasteiger partial charge in [-0.25, -0.2) is 9.37 Å². The highest BCUT2D eigenvalue weighted by Gasteiger charge is 2.24.